The maximum Gasteiger partial charge on any atom is 0.222 e. The summed E-state index contributed by atoms with van der Waals surface area (Å²) in [5.74, 6) is 0.0338. The van der Waals surface area contributed by atoms with Gasteiger partial charge < -0.3 is 16.4 Å². The first-order chi connectivity index (χ1) is 7.69. The summed E-state index contributed by atoms with van der Waals surface area (Å²) in [7, 11) is 0. The third-order valence-corrected chi connectivity index (χ3v) is 2.50. The van der Waals surface area contributed by atoms with Crippen molar-refractivity contribution in [1.29, 1.82) is 5.26 Å². The van der Waals surface area contributed by atoms with Crippen LogP contribution in [0, 0.1) is 11.3 Å². The maximum absolute atomic E-state index is 11.0. The molecule has 1 unspecified atom stereocenters. The monoisotopic (exact) mass is 216 g/mol. The summed E-state index contributed by atoms with van der Waals surface area (Å²) in [4.78, 5) is 11.0. The Labute approximate surface area is 93.2 Å². The standard InChI is InChI=1S/C11H12N4O/c12-5-7-3-8(13)1-2-10(7)15-9-4-11(16)14-6-9/h1-3,9,15H,4,6,13H2,(H,14,16). The number of nitrogen functional groups attached to an aromatic ring is 1. The number of anilines is 2. The summed E-state index contributed by atoms with van der Waals surface area (Å²) < 4.78 is 0. The van der Waals surface area contributed by atoms with E-state index in [2.05, 4.69) is 16.7 Å². The van der Waals surface area contributed by atoms with Crippen molar-refractivity contribution >= 4 is 17.3 Å². The Kier molecular flexibility index (Phi) is 2.64. The molecule has 1 aliphatic rings. The van der Waals surface area contributed by atoms with Crippen molar-refractivity contribution in [3.8, 4) is 6.07 Å². The van der Waals surface area contributed by atoms with Crippen LogP contribution in [0.5, 0.6) is 0 Å². The van der Waals surface area contributed by atoms with E-state index in [1.54, 1.807) is 18.2 Å². The van der Waals surface area contributed by atoms with E-state index in [0.717, 1.165) is 5.69 Å². The van der Waals surface area contributed by atoms with Crippen LogP contribution in [0.3, 0.4) is 0 Å². The fourth-order valence-corrected chi connectivity index (χ4v) is 1.71. The third-order valence-electron chi connectivity index (χ3n) is 2.50. The SMILES string of the molecule is N#Cc1cc(N)ccc1NC1CNC(=O)C1. The van der Waals surface area contributed by atoms with Gasteiger partial charge in [0.05, 0.1) is 17.3 Å². The number of nitrogens with one attached hydrogen (secondary N) is 2. The highest BCUT2D eigenvalue weighted by atomic mass is 16.1. The van der Waals surface area contributed by atoms with Gasteiger partial charge in [0.25, 0.3) is 0 Å². The molecule has 2 rings (SSSR count). The summed E-state index contributed by atoms with van der Waals surface area (Å²) in [6.07, 6.45) is 0.440. The molecule has 0 bridgehead atoms. The number of hydrogen-bond donors (Lipinski definition) is 3. The number of nitrogens with zero attached hydrogens (tertiary/aromatic N) is 1. The Balaban J connectivity index is 2.15. The Morgan fingerprint density at radius 3 is 3.00 bits per heavy atom. The minimum atomic E-state index is 0.0338. The highest BCUT2D eigenvalue weighted by Gasteiger charge is 2.21. The molecule has 1 heterocycles. The minimum Gasteiger partial charge on any atom is -0.399 e. The molecule has 5 nitrogen and oxygen atoms in total. The molecule has 0 aromatic heterocycles. The molecule has 0 saturated carbocycles. The summed E-state index contributed by atoms with van der Waals surface area (Å²) >= 11 is 0. The number of hydrogen-bond acceptors (Lipinski definition) is 4. The lowest BCUT2D eigenvalue weighted by molar-refractivity contribution is -0.119. The quantitative estimate of drug-likeness (QED) is 0.625. The van der Waals surface area contributed by atoms with Crippen LogP contribution >= 0.6 is 0 Å². The van der Waals surface area contributed by atoms with E-state index >= 15 is 0 Å². The predicted octanol–water partition coefficient (Wildman–Crippen LogP) is 0.441. The van der Waals surface area contributed by atoms with Gasteiger partial charge in [-0.3, -0.25) is 4.79 Å². The Hall–Kier alpha value is -2.22. The summed E-state index contributed by atoms with van der Waals surface area (Å²) in [5.41, 5.74) is 7.37. The van der Waals surface area contributed by atoms with Gasteiger partial charge in [0.1, 0.15) is 6.07 Å². The number of nitriles is 1. The predicted molar refractivity (Wildman–Crippen MR) is 60.6 cm³/mol. The van der Waals surface area contributed by atoms with E-state index in [4.69, 9.17) is 11.0 Å². The van der Waals surface area contributed by atoms with Gasteiger partial charge in [0.15, 0.2) is 0 Å². The van der Waals surface area contributed by atoms with Crippen molar-refractivity contribution in [2.24, 2.45) is 0 Å². The number of benzene rings is 1. The number of rotatable bonds is 2. The lowest BCUT2D eigenvalue weighted by Gasteiger charge is -2.13. The smallest absolute Gasteiger partial charge is 0.222 e. The Bertz CT molecular complexity index is 464. The zero-order valence-corrected chi connectivity index (χ0v) is 8.66. The molecule has 16 heavy (non-hydrogen) atoms. The molecule has 1 saturated heterocycles. The van der Waals surface area contributed by atoms with Crippen molar-refractivity contribution in [1.82, 2.24) is 5.32 Å². The molecular formula is C11H12N4O. The zero-order chi connectivity index (χ0) is 11.5. The topological polar surface area (TPSA) is 90.9 Å². The molecular weight excluding hydrogens is 204 g/mol. The first-order valence-electron chi connectivity index (χ1n) is 5.02. The van der Waals surface area contributed by atoms with Crippen LogP contribution in [-0.2, 0) is 4.79 Å². The third kappa shape index (κ3) is 2.06. The molecule has 1 aromatic carbocycles. The van der Waals surface area contributed by atoms with Crippen LogP contribution in [-0.4, -0.2) is 18.5 Å². The molecule has 5 heteroatoms. The van der Waals surface area contributed by atoms with Crippen molar-refractivity contribution in [3.63, 3.8) is 0 Å². The highest BCUT2D eigenvalue weighted by Crippen LogP contribution is 2.20. The Morgan fingerprint density at radius 1 is 1.56 bits per heavy atom. The van der Waals surface area contributed by atoms with Crippen LogP contribution in [0.25, 0.3) is 0 Å². The summed E-state index contributed by atoms with van der Waals surface area (Å²) in [5, 5.41) is 14.8. The molecule has 82 valence electrons. The lowest BCUT2D eigenvalue weighted by atomic mass is 10.1. The average Bonchev–Trinajstić information content (AvgIpc) is 2.67. The van der Waals surface area contributed by atoms with Crippen LogP contribution < -0.4 is 16.4 Å². The van der Waals surface area contributed by atoms with Gasteiger partial charge in [-0.1, -0.05) is 0 Å². The van der Waals surface area contributed by atoms with Gasteiger partial charge in [-0.15, -0.1) is 0 Å². The molecule has 0 aliphatic carbocycles. The average molecular weight is 216 g/mol. The first-order valence-corrected chi connectivity index (χ1v) is 5.02. The molecule has 1 atom stereocenters. The van der Waals surface area contributed by atoms with Gasteiger partial charge in [-0.05, 0) is 18.2 Å². The second-order valence-corrected chi connectivity index (χ2v) is 3.77. The second-order valence-electron chi connectivity index (χ2n) is 3.77. The van der Waals surface area contributed by atoms with Gasteiger partial charge in [-0.2, -0.15) is 5.26 Å². The van der Waals surface area contributed by atoms with E-state index in [-0.39, 0.29) is 11.9 Å². The number of amides is 1. The normalized spacial score (nSPS) is 18.9. The van der Waals surface area contributed by atoms with E-state index in [0.29, 0.717) is 24.2 Å². The van der Waals surface area contributed by atoms with E-state index in [1.165, 1.54) is 0 Å². The lowest BCUT2D eigenvalue weighted by Crippen LogP contribution is -2.22. The first kappa shape index (κ1) is 10.3. The largest absolute Gasteiger partial charge is 0.399 e. The van der Waals surface area contributed by atoms with Crippen LogP contribution in [0.2, 0.25) is 0 Å². The molecule has 0 spiro atoms. The highest BCUT2D eigenvalue weighted by molar-refractivity contribution is 5.80. The molecule has 1 aliphatic heterocycles. The van der Waals surface area contributed by atoms with E-state index in [1.807, 2.05) is 0 Å². The van der Waals surface area contributed by atoms with Gasteiger partial charge in [0, 0.05) is 18.7 Å². The number of carbonyl (C=O) groups excluding carboxylic acids is 1. The van der Waals surface area contributed by atoms with Crippen molar-refractivity contribution in [3.05, 3.63) is 23.8 Å². The molecule has 4 N–H and O–H groups in total. The van der Waals surface area contributed by atoms with Crippen molar-refractivity contribution in [2.75, 3.05) is 17.6 Å². The Morgan fingerprint density at radius 2 is 2.38 bits per heavy atom. The van der Waals surface area contributed by atoms with Crippen LogP contribution in [0.15, 0.2) is 18.2 Å². The molecule has 0 radical (unpaired) electrons. The zero-order valence-electron chi connectivity index (χ0n) is 8.66. The molecule has 1 amide bonds. The second kappa shape index (κ2) is 4.11. The van der Waals surface area contributed by atoms with Crippen molar-refractivity contribution in [2.45, 2.75) is 12.5 Å². The van der Waals surface area contributed by atoms with Crippen LogP contribution in [0.1, 0.15) is 12.0 Å². The summed E-state index contributed by atoms with van der Waals surface area (Å²) in [6, 6.07) is 7.23. The fourth-order valence-electron chi connectivity index (χ4n) is 1.71. The van der Waals surface area contributed by atoms with Gasteiger partial charge >= 0.3 is 0 Å². The number of nitrogens with two attached hydrogens (primary N) is 1. The van der Waals surface area contributed by atoms with E-state index in [9.17, 15) is 4.79 Å². The maximum atomic E-state index is 11.0. The number of carbonyl (C=O) groups is 1. The summed E-state index contributed by atoms with van der Waals surface area (Å²) in [6.45, 7) is 0.591. The van der Waals surface area contributed by atoms with Gasteiger partial charge in [-0.25, -0.2) is 0 Å². The molecule has 1 aromatic rings. The van der Waals surface area contributed by atoms with Crippen molar-refractivity contribution < 1.29 is 4.79 Å². The fraction of sp³-hybridized carbons (Fsp3) is 0.273. The van der Waals surface area contributed by atoms with Crippen LogP contribution in [0.4, 0.5) is 11.4 Å². The minimum absolute atomic E-state index is 0.0338. The van der Waals surface area contributed by atoms with E-state index < -0.39 is 0 Å². The van der Waals surface area contributed by atoms with Gasteiger partial charge in [0.2, 0.25) is 5.91 Å². The molecule has 1 fully saturated rings.